The first kappa shape index (κ1) is 17.4. The van der Waals surface area contributed by atoms with E-state index in [-0.39, 0.29) is 12.5 Å². The highest BCUT2D eigenvalue weighted by atomic mass is 32.1. The lowest BCUT2D eigenvalue weighted by molar-refractivity contribution is -0.118. The van der Waals surface area contributed by atoms with Crippen LogP contribution in [0.2, 0.25) is 0 Å². The van der Waals surface area contributed by atoms with Gasteiger partial charge in [-0.15, -0.1) is 0 Å². The first-order valence-corrected chi connectivity index (χ1v) is 9.14. The van der Waals surface area contributed by atoms with Gasteiger partial charge < -0.3 is 4.74 Å². The topological polar surface area (TPSA) is 51.2 Å². The summed E-state index contributed by atoms with van der Waals surface area (Å²) in [5.41, 5.74) is 4.58. The molecule has 0 spiro atoms. The summed E-state index contributed by atoms with van der Waals surface area (Å²) in [6.45, 7) is 8.39. The Morgan fingerprint density at radius 3 is 2.52 bits per heavy atom. The first-order valence-electron chi connectivity index (χ1n) is 8.33. The lowest BCUT2D eigenvalue weighted by atomic mass is 10.0. The number of benzene rings is 2. The lowest BCUT2D eigenvalue weighted by Crippen LogP contribution is -2.20. The van der Waals surface area contributed by atoms with Gasteiger partial charge in [-0.2, -0.15) is 0 Å². The number of anilines is 1. The van der Waals surface area contributed by atoms with Crippen LogP contribution in [0, 0.1) is 13.8 Å². The minimum Gasteiger partial charge on any atom is -0.484 e. The van der Waals surface area contributed by atoms with Crippen molar-refractivity contribution >= 4 is 32.6 Å². The summed E-state index contributed by atoms with van der Waals surface area (Å²) in [4.78, 5) is 16.6. The van der Waals surface area contributed by atoms with Crippen molar-refractivity contribution < 1.29 is 9.53 Å². The van der Waals surface area contributed by atoms with Crippen molar-refractivity contribution in [3.05, 3.63) is 53.1 Å². The zero-order valence-corrected chi connectivity index (χ0v) is 15.7. The van der Waals surface area contributed by atoms with Gasteiger partial charge in [-0.1, -0.05) is 37.3 Å². The van der Waals surface area contributed by atoms with Crippen LogP contribution in [0.4, 0.5) is 5.13 Å². The highest BCUT2D eigenvalue weighted by Crippen LogP contribution is 2.28. The van der Waals surface area contributed by atoms with Crippen LogP contribution in [0.5, 0.6) is 5.75 Å². The van der Waals surface area contributed by atoms with Crippen molar-refractivity contribution in [2.75, 3.05) is 11.9 Å². The smallest absolute Gasteiger partial charge is 0.264 e. The fraction of sp³-hybridized carbons (Fsp3) is 0.300. The molecule has 1 amide bonds. The number of thiazole rings is 1. The number of nitrogens with zero attached hydrogens (tertiary/aromatic N) is 1. The van der Waals surface area contributed by atoms with Crippen molar-refractivity contribution in [2.45, 2.75) is 33.6 Å². The van der Waals surface area contributed by atoms with Crippen molar-refractivity contribution in [3.63, 3.8) is 0 Å². The van der Waals surface area contributed by atoms with E-state index in [4.69, 9.17) is 4.74 Å². The highest BCUT2D eigenvalue weighted by Gasteiger charge is 2.10. The van der Waals surface area contributed by atoms with Gasteiger partial charge in [0, 0.05) is 0 Å². The van der Waals surface area contributed by atoms with E-state index in [0.29, 0.717) is 16.8 Å². The molecule has 25 heavy (non-hydrogen) atoms. The molecule has 0 saturated carbocycles. The van der Waals surface area contributed by atoms with E-state index >= 15 is 0 Å². The molecule has 5 heteroatoms. The van der Waals surface area contributed by atoms with Crippen LogP contribution in [0.25, 0.3) is 10.2 Å². The Kier molecular flexibility index (Phi) is 5.04. The number of amides is 1. The molecule has 3 rings (SSSR count). The minimum absolute atomic E-state index is 0.0327. The van der Waals surface area contributed by atoms with Crippen molar-refractivity contribution in [1.82, 2.24) is 4.98 Å². The van der Waals surface area contributed by atoms with Crippen LogP contribution in [0.1, 0.15) is 36.5 Å². The Labute approximate surface area is 151 Å². The summed E-state index contributed by atoms with van der Waals surface area (Å²) < 4.78 is 6.62. The number of rotatable bonds is 5. The summed E-state index contributed by atoms with van der Waals surface area (Å²) >= 11 is 1.48. The second-order valence-corrected chi connectivity index (χ2v) is 7.51. The number of carbonyl (C=O) groups excluding carboxylic acids is 1. The minimum atomic E-state index is -0.208. The molecule has 1 N–H and O–H groups in total. The quantitative estimate of drug-likeness (QED) is 0.697. The molecule has 0 fully saturated rings. The molecule has 0 aliphatic rings. The van der Waals surface area contributed by atoms with Crippen molar-refractivity contribution in [3.8, 4) is 5.75 Å². The maximum absolute atomic E-state index is 12.1. The van der Waals surface area contributed by atoms with E-state index < -0.39 is 0 Å². The molecule has 0 bridgehead atoms. The number of fused-ring (bicyclic) bond motifs is 1. The number of aromatic nitrogens is 1. The molecule has 0 saturated heterocycles. The van der Waals surface area contributed by atoms with E-state index in [1.165, 1.54) is 28.0 Å². The van der Waals surface area contributed by atoms with E-state index in [1.807, 2.05) is 30.3 Å². The Balaban J connectivity index is 1.60. The fourth-order valence-electron chi connectivity index (χ4n) is 2.49. The third-order valence-electron chi connectivity index (χ3n) is 4.17. The molecular formula is C20H22N2O2S. The third kappa shape index (κ3) is 4.17. The van der Waals surface area contributed by atoms with Gasteiger partial charge in [0.05, 0.1) is 10.2 Å². The fourth-order valence-corrected chi connectivity index (χ4v) is 3.45. The monoisotopic (exact) mass is 354 g/mol. The molecule has 0 radical (unpaired) electrons. The normalized spacial score (nSPS) is 11.1. The number of hydrogen-bond donors (Lipinski definition) is 1. The molecule has 0 unspecified atom stereocenters. The highest BCUT2D eigenvalue weighted by molar-refractivity contribution is 7.22. The molecule has 1 aromatic heterocycles. The van der Waals surface area contributed by atoms with Gasteiger partial charge in [0.15, 0.2) is 11.7 Å². The van der Waals surface area contributed by atoms with Gasteiger partial charge in [-0.05, 0) is 60.7 Å². The average Bonchev–Trinajstić information content (AvgIpc) is 2.94. The van der Waals surface area contributed by atoms with Crippen LogP contribution in [0.15, 0.2) is 36.4 Å². The molecule has 4 nitrogen and oxygen atoms in total. The predicted octanol–water partition coefficient (Wildman–Crippen LogP) is 5.05. The molecule has 0 aliphatic heterocycles. The summed E-state index contributed by atoms with van der Waals surface area (Å²) in [7, 11) is 0. The van der Waals surface area contributed by atoms with E-state index in [2.05, 4.69) is 44.1 Å². The Morgan fingerprint density at radius 2 is 1.84 bits per heavy atom. The van der Waals surface area contributed by atoms with Crippen molar-refractivity contribution in [1.29, 1.82) is 0 Å². The van der Waals surface area contributed by atoms with Crippen LogP contribution >= 0.6 is 11.3 Å². The summed E-state index contributed by atoms with van der Waals surface area (Å²) in [6, 6.07) is 12.0. The second-order valence-electron chi connectivity index (χ2n) is 6.48. The first-order chi connectivity index (χ1) is 11.9. The molecule has 0 atom stereocenters. The van der Waals surface area contributed by atoms with Crippen LogP contribution in [-0.2, 0) is 4.79 Å². The van der Waals surface area contributed by atoms with E-state index in [9.17, 15) is 4.79 Å². The maximum atomic E-state index is 12.1. The van der Waals surface area contributed by atoms with E-state index in [0.717, 1.165) is 10.2 Å². The molecule has 3 aromatic rings. The van der Waals surface area contributed by atoms with Gasteiger partial charge in [-0.25, -0.2) is 4.98 Å². The van der Waals surface area contributed by atoms with Gasteiger partial charge in [-0.3, -0.25) is 10.1 Å². The molecule has 130 valence electrons. The Bertz CT molecular complexity index is 859. The zero-order chi connectivity index (χ0) is 18.0. The number of hydrogen-bond acceptors (Lipinski definition) is 4. The zero-order valence-electron chi connectivity index (χ0n) is 14.9. The number of carbonyl (C=O) groups is 1. The summed E-state index contributed by atoms with van der Waals surface area (Å²) in [5.74, 6) is 0.958. The van der Waals surface area contributed by atoms with Crippen LogP contribution < -0.4 is 10.1 Å². The predicted molar refractivity (Wildman–Crippen MR) is 104 cm³/mol. The number of ether oxygens (including phenoxy) is 1. The molecular weight excluding hydrogens is 332 g/mol. The number of nitrogens with one attached hydrogen (secondary N) is 1. The second kappa shape index (κ2) is 7.23. The van der Waals surface area contributed by atoms with Crippen molar-refractivity contribution in [2.24, 2.45) is 0 Å². The standard InChI is InChI=1S/C20H22N2O2S/c1-12(2)15-5-7-16(8-6-15)24-11-19(23)22-20-21-17-9-13(3)14(4)10-18(17)25-20/h5-10,12H,11H2,1-4H3,(H,21,22,23). The lowest BCUT2D eigenvalue weighted by Gasteiger charge is -2.08. The molecule has 0 aliphatic carbocycles. The van der Waals surface area contributed by atoms with Gasteiger partial charge in [0.1, 0.15) is 5.75 Å². The maximum Gasteiger partial charge on any atom is 0.264 e. The average molecular weight is 354 g/mol. The van der Waals surface area contributed by atoms with Gasteiger partial charge >= 0.3 is 0 Å². The molecule has 1 heterocycles. The largest absolute Gasteiger partial charge is 0.484 e. The van der Waals surface area contributed by atoms with Crippen LogP contribution in [0.3, 0.4) is 0 Å². The van der Waals surface area contributed by atoms with Gasteiger partial charge in [0.2, 0.25) is 0 Å². The molecule has 2 aromatic carbocycles. The van der Waals surface area contributed by atoms with Crippen LogP contribution in [-0.4, -0.2) is 17.5 Å². The summed E-state index contributed by atoms with van der Waals surface area (Å²) in [5, 5.41) is 3.41. The third-order valence-corrected chi connectivity index (χ3v) is 5.10. The summed E-state index contributed by atoms with van der Waals surface area (Å²) in [6.07, 6.45) is 0. The Morgan fingerprint density at radius 1 is 1.16 bits per heavy atom. The van der Waals surface area contributed by atoms with E-state index in [1.54, 1.807) is 0 Å². The SMILES string of the molecule is Cc1cc2nc(NC(=O)COc3ccc(C(C)C)cc3)sc2cc1C. The van der Waals surface area contributed by atoms with Gasteiger partial charge in [0.25, 0.3) is 5.91 Å². The Hall–Kier alpha value is -2.40. The number of aryl methyl sites for hydroxylation is 2.